The maximum absolute atomic E-state index is 14.1. The zero-order chi connectivity index (χ0) is 36.2. The van der Waals surface area contributed by atoms with E-state index in [2.05, 4.69) is 103 Å². The van der Waals surface area contributed by atoms with Crippen molar-refractivity contribution in [3.05, 3.63) is 173 Å². The third-order valence-electron chi connectivity index (χ3n) is 12.4. The van der Waals surface area contributed by atoms with E-state index >= 15 is 0 Å². The molecule has 2 saturated carbocycles. The van der Waals surface area contributed by atoms with Crippen LogP contribution in [0.5, 0.6) is 0 Å². The van der Waals surface area contributed by atoms with Gasteiger partial charge in [-0.1, -0.05) is 29.8 Å². The van der Waals surface area contributed by atoms with Crippen LogP contribution in [0.4, 0.5) is 0 Å². The van der Waals surface area contributed by atoms with E-state index in [1.165, 1.54) is 21.5 Å². The summed E-state index contributed by atoms with van der Waals surface area (Å²) < 4.78 is 6.60. The monoisotopic (exact) mass is 738 g/mol. The fourth-order valence-corrected chi connectivity index (χ4v) is 15.0. The minimum atomic E-state index is -2.31. The van der Waals surface area contributed by atoms with Crippen LogP contribution in [0.15, 0.2) is 151 Å². The molecule has 5 aromatic rings. The molecule has 0 atom stereocenters. The van der Waals surface area contributed by atoms with Crippen molar-refractivity contribution in [1.29, 1.82) is 0 Å². The van der Waals surface area contributed by atoms with Gasteiger partial charge >= 0.3 is 263 Å². The molecular weight excluding hydrogens is 691 g/mol. The summed E-state index contributed by atoms with van der Waals surface area (Å²) >= 11 is 6.16. The maximum atomic E-state index is 14.1. The molecule has 270 valence electrons. The van der Waals surface area contributed by atoms with E-state index < -0.39 is 7.26 Å². The number of rotatable bonds is 10. The summed E-state index contributed by atoms with van der Waals surface area (Å²) in [6.45, 7) is 0.478. The summed E-state index contributed by atoms with van der Waals surface area (Å²) in [5, 5.41) is 5.13. The predicted octanol–water partition coefficient (Wildman–Crippen LogP) is 10.5. The molecule has 2 fully saturated rings. The summed E-state index contributed by atoms with van der Waals surface area (Å²) in [4.78, 5) is 28.2. The second-order valence-electron chi connectivity index (χ2n) is 15.5. The van der Waals surface area contributed by atoms with Crippen LogP contribution < -0.4 is 15.9 Å². The summed E-state index contributed by atoms with van der Waals surface area (Å²) in [5.41, 5.74) is 2.89. The van der Waals surface area contributed by atoms with Gasteiger partial charge < -0.3 is 0 Å². The van der Waals surface area contributed by atoms with Gasteiger partial charge in [0.25, 0.3) is 0 Å². The Morgan fingerprint density at radius 1 is 0.509 bits per heavy atom. The Kier molecular flexibility index (Phi) is 10.8. The first-order chi connectivity index (χ1) is 26.0. The van der Waals surface area contributed by atoms with Crippen molar-refractivity contribution < 1.29 is 14.3 Å². The number of ketones is 2. The Bertz CT molecular complexity index is 1960. The number of benzene rings is 5. The quantitative estimate of drug-likeness (QED) is 0.134. The van der Waals surface area contributed by atoms with Crippen LogP contribution in [0.2, 0.25) is 5.02 Å². The van der Waals surface area contributed by atoms with Gasteiger partial charge in [-0.25, -0.2) is 0 Å². The van der Waals surface area contributed by atoms with Crippen molar-refractivity contribution in [3.8, 4) is 0 Å². The van der Waals surface area contributed by atoms with Gasteiger partial charge in [-0.2, -0.15) is 0 Å². The third-order valence-corrected chi connectivity index (χ3v) is 17.8. The Hall–Kier alpha value is -4.30. The molecule has 0 radical (unpaired) electrons. The molecule has 0 saturated heterocycles. The van der Waals surface area contributed by atoms with E-state index in [4.69, 9.17) is 16.3 Å². The van der Waals surface area contributed by atoms with Crippen LogP contribution in [0.1, 0.15) is 83.6 Å². The number of carbonyl (C=O) groups excluding carboxylic acids is 2. The molecular formula is C48H48ClO3P. The van der Waals surface area contributed by atoms with Crippen LogP contribution in [-0.4, -0.2) is 24.3 Å². The first-order valence-corrected chi connectivity index (χ1v) is 22.1. The zero-order valence-corrected chi connectivity index (χ0v) is 32.0. The summed E-state index contributed by atoms with van der Waals surface area (Å²) in [6.07, 6.45) is 9.19. The van der Waals surface area contributed by atoms with Crippen LogP contribution in [-0.2, 0) is 4.74 Å². The number of allylic oxidation sites excluding steroid dienone is 2. The van der Waals surface area contributed by atoms with E-state index in [1.807, 2.05) is 24.3 Å². The van der Waals surface area contributed by atoms with Gasteiger partial charge in [0.1, 0.15) is 0 Å². The normalized spacial score (nSPS) is 22.3. The van der Waals surface area contributed by atoms with Crippen LogP contribution in [0.3, 0.4) is 0 Å². The van der Waals surface area contributed by atoms with Gasteiger partial charge in [-0.05, 0) is 23.6 Å². The molecule has 3 aliphatic carbocycles. The fraction of sp³-hybridized carbons (Fsp3) is 0.292. The van der Waals surface area contributed by atoms with Gasteiger partial charge in [-0.3, -0.25) is 0 Å². The predicted molar refractivity (Wildman–Crippen MR) is 221 cm³/mol. The molecule has 5 aromatic carbocycles. The van der Waals surface area contributed by atoms with Crippen LogP contribution in [0, 0.1) is 17.8 Å². The Morgan fingerprint density at radius 3 is 1.49 bits per heavy atom. The second-order valence-corrected chi connectivity index (χ2v) is 19.8. The van der Waals surface area contributed by atoms with Crippen LogP contribution in [0.25, 0.3) is 0 Å². The molecule has 5 heteroatoms. The molecule has 0 spiro atoms. The number of ether oxygens (including phenoxy) is 1. The van der Waals surface area contributed by atoms with Crippen molar-refractivity contribution in [2.24, 2.45) is 17.8 Å². The molecule has 0 aliphatic heterocycles. The Labute approximate surface area is 319 Å². The van der Waals surface area contributed by atoms with Crippen molar-refractivity contribution in [3.63, 3.8) is 0 Å². The van der Waals surface area contributed by atoms with Gasteiger partial charge in [0.05, 0.1) is 0 Å². The average Bonchev–Trinajstić information content (AvgIpc) is 3.22. The zero-order valence-electron chi connectivity index (χ0n) is 30.3. The van der Waals surface area contributed by atoms with E-state index in [-0.39, 0.29) is 17.5 Å². The summed E-state index contributed by atoms with van der Waals surface area (Å²) in [5.74, 6) is 1.54. The van der Waals surface area contributed by atoms with Crippen molar-refractivity contribution >= 4 is 46.3 Å². The standard InChI is InChI=1S/C48H48ClO3P/c49-39-30-28-37(29-31-39)36-24-26-38(27-25-36)45-46(50)43-18-10-11-19-44(43)47(51)48(45)52-32-34-20-22-35(23-21-34)33-53(40-12-4-1-5-13-40,41-14-6-2-7-15-41)42-16-8-3-9-17-42/h1-19,28-31,34-36,38,53H,20-27,32-33H2. The third kappa shape index (κ3) is 7.31. The first-order valence-electron chi connectivity index (χ1n) is 19.5. The van der Waals surface area contributed by atoms with Gasteiger partial charge in [0.2, 0.25) is 0 Å². The van der Waals surface area contributed by atoms with Crippen molar-refractivity contribution in [1.82, 2.24) is 0 Å². The van der Waals surface area contributed by atoms with Crippen molar-refractivity contribution in [2.75, 3.05) is 12.8 Å². The molecule has 0 aromatic heterocycles. The van der Waals surface area contributed by atoms with Crippen LogP contribution >= 0.6 is 18.9 Å². The number of halogens is 1. The number of hydrogen-bond acceptors (Lipinski definition) is 3. The number of fused-ring (bicyclic) bond motifs is 1. The number of carbonyl (C=O) groups is 2. The van der Waals surface area contributed by atoms with E-state index in [9.17, 15) is 9.59 Å². The minimum absolute atomic E-state index is 0.0149. The summed E-state index contributed by atoms with van der Waals surface area (Å²) in [7, 11) is -2.31. The molecule has 53 heavy (non-hydrogen) atoms. The van der Waals surface area contributed by atoms with E-state index in [0.717, 1.165) is 62.6 Å². The molecule has 0 heterocycles. The number of hydrogen-bond donors (Lipinski definition) is 0. The number of Topliss-reactive ketones (excluding diaryl/α,β-unsaturated/α-hetero) is 2. The molecule has 3 aliphatic rings. The molecule has 0 unspecified atom stereocenters. The average molecular weight is 739 g/mol. The van der Waals surface area contributed by atoms with E-state index in [0.29, 0.717) is 46.8 Å². The molecule has 0 N–H and O–H groups in total. The van der Waals surface area contributed by atoms with Gasteiger partial charge in [0, 0.05) is 5.02 Å². The van der Waals surface area contributed by atoms with E-state index in [1.54, 1.807) is 12.1 Å². The first kappa shape index (κ1) is 35.7. The van der Waals surface area contributed by atoms with Crippen molar-refractivity contribution in [2.45, 2.75) is 57.3 Å². The Balaban J connectivity index is 0.997. The fourth-order valence-electron chi connectivity index (χ4n) is 9.59. The van der Waals surface area contributed by atoms with Gasteiger partial charge in [0.15, 0.2) is 0 Å². The second kappa shape index (κ2) is 16.0. The Morgan fingerprint density at radius 2 is 0.962 bits per heavy atom. The SMILES string of the molecule is O=C1C(OCC2CCC(C[PH](c3ccccc3)(c3ccccc3)c3ccccc3)CC2)=C(C2CCC(c3ccc(Cl)cc3)CC2)C(=O)c2ccccc21. The topological polar surface area (TPSA) is 43.4 Å². The molecule has 0 amide bonds. The summed E-state index contributed by atoms with van der Waals surface area (Å²) in [6, 6.07) is 49.1. The molecule has 0 bridgehead atoms. The van der Waals surface area contributed by atoms with Gasteiger partial charge in [-0.15, -0.1) is 0 Å². The molecule has 3 nitrogen and oxygen atoms in total. The molecule has 8 rings (SSSR count).